The zero-order chi connectivity index (χ0) is 17.5. The Morgan fingerprint density at radius 1 is 1.12 bits per heavy atom. The molecule has 0 unspecified atom stereocenters. The van der Waals surface area contributed by atoms with Crippen LogP contribution in [0.3, 0.4) is 0 Å². The Morgan fingerprint density at radius 3 is 2.29 bits per heavy atom. The summed E-state index contributed by atoms with van der Waals surface area (Å²) in [6.07, 6.45) is 0.767. The molecule has 0 atom stereocenters. The lowest BCUT2D eigenvalue weighted by Gasteiger charge is -2.08. The molecule has 1 aromatic carbocycles. The SMILES string of the molecule is CCOc1ccc(OCC(=O)Nc2sc(CC)cc2C(N)=O)cc1. The summed E-state index contributed by atoms with van der Waals surface area (Å²) in [5.74, 6) is 0.389. The van der Waals surface area contributed by atoms with Crippen molar-refractivity contribution in [2.24, 2.45) is 5.73 Å². The molecule has 128 valence electrons. The number of hydrogen-bond acceptors (Lipinski definition) is 5. The van der Waals surface area contributed by atoms with Gasteiger partial charge in [0.05, 0.1) is 12.2 Å². The number of amides is 2. The summed E-state index contributed by atoms with van der Waals surface area (Å²) in [6.45, 7) is 4.30. The molecule has 0 aliphatic heterocycles. The molecule has 2 aromatic rings. The average Bonchev–Trinajstić information content (AvgIpc) is 2.98. The van der Waals surface area contributed by atoms with E-state index in [1.54, 1.807) is 30.3 Å². The number of carbonyl (C=O) groups excluding carboxylic acids is 2. The molecule has 0 aliphatic rings. The van der Waals surface area contributed by atoms with Gasteiger partial charge in [-0.15, -0.1) is 11.3 Å². The second-order valence-corrected chi connectivity index (χ2v) is 6.05. The van der Waals surface area contributed by atoms with Crippen LogP contribution in [-0.4, -0.2) is 25.0 Å². The Labute approximate surface area is 144 Å². The predicted molar refractivity (Wildman–Crippen MR) is 94.0 cm³/mol. The van der Waals surface area contributed by atoms with Crippen LogP contribution in [0.2, 0.25) is 0 Å². The summed E-state index contributed by atoms with van der Waals surface area (Å²) in [7, 11) is 0. The topological polar surface area (TPSA) is 90.7 Å². The molecule has 6 nitrogen and oxygen atoms in total. The Balaban J connectivity index is 1.93. The van der Waals surface area contributed by atoms with E-state index >= 15 is 0 Å². The number of benzene rings is 1. The van der Waals surface area contributed by atoms with Crippen LogP contribution < -0.4 is 20.5 Å². The molecule has 1 heterocycles. The molecule has 1 aromatic heterocycles. The molecule has 0 saturated heterocycles. The number of ether oxygens (including phenoxy) is 2. The highest BCUT2D eigenvalue weighted by Gasteiger charge is 2.15. The maximum Gasteiger partial charge on any atom is 0.262 e. The maximum absolute atomic E-state index is 12.0. The molecule has 24 heavy (non-hydrogen) atoms. The number of nitrogens with two attached hydrogens (primary N) is 1. The van der Waals surface area contributed by atoms with E-state index in [2.05, 4.69) is 5.32 Å². The smallest absolute Gasteiger partial charge is 0.262 e. The van der Waals surface area contributed by atoms with Crippen molar-refractivity contribution >= 4 is 28.2 Å². The van der Waals surface area contributed by atoms with Crippen LogP contribution >= 0.6 is 11.3 Å². The second kappa shape index (κ2) is 8.35. The first kappa shape index (κ1) is 17.8. The minimum Gasteiger partial charge on any atom is -0.494 e. The standard InChI is InChI=1S/C17H20N2O4S/c1-3-13-9-14(16(18)21)17(24-13)19-15(20)10-23-12-7-5-11(6-8-12)22-4-2/h5-9H,3-4,10H2,1-2H3,(H2,18,21)(H,19,20). The lowest BCUT2D eigenvalue weighted by Crippen LogP contribution is -2.21. The first-order valence-electron chi connectivity index (χ1n) is 7.61. The van der Waals surface area contributed by atoms with E-state index in [1.165, 1.54) is 11.3 Å². The van der Waals surface area contributed by atoms with E-state index < -0.39 is 5.91 Å². The lowest BCUT2D eigenvalue weighted by atomic mass is 10.2. The number of rotatable bonds is 8. The van der Waals surface area contributed by atoms with Crippen molar-refractivity contribution in [1.82, 2.24) is 0 Å². The third kappa shape index (κ3) is 4.73. The van der Waals surface area contributed by atoms with E-state index in [9.17, 15) is 9.59 Å². The minimum atomic E-state index is -0.561. The zero-order valence-corrected chi connectivity index (χ0v) is 14.4. The predicted octanol–water partition coefficient (Wildman–Crippen LogP) is 2.83. The zero-order valence-electron chi connectivity index (χ0n) is 13.6. The van der Waals surface area contributed by atoms with Gasteiger partial charge >= 0.3 is 0 Å². The normalized spacial score (nSPS) is 10.2. The highest BCUT2D eigenvalue weighted by atomic mass is 32.1. The minimum absolute atomic E-state index is 0.161. The summed E-state index contributed by atoms with van der Waals surface area (Å²) >= 11 is 1.34. The van der Waals surface area contributed by atoms with Gasteiger partial charge in [-0.3, -0.25) is 9.59 Å². The highest BCUT2D eigenvalue weighted by molar-refractivity contribution is 7.16. The van der Waals surface area contributed by atoms with Gasteiger partial charge in [0.25, 0.3) is 11.8 Å². The first-order chi connectivity index (χ1) is 11.5. The van der Waals surface area contributed by atoms with Crippen molar-refractivity contribution < 1.29 is 19.1 Å². The van der Waals surface area contributed by atoms with Crippen molar-refractivity contribution in [1.29, 1.82) is 0 Å². The molecule has 0 radical (unpaired) electrons. The van der Waals surface area contributed by atoms with Gasteiger partial charge in [0.15, 0.2) is 6.61 Å². The van der Waals surface area contributed by atoms with Crippen LogP contribution in [0.1, 0.15) is 29.1 Å². The van der Waals surface area contributed by atoms with E-state index in [-0.39, 0.29) is 12.5 Å². The fourth-order valence-corrected chi connectivity index (χ4v) is 3.02. The molecule has 0 spiro atoms. The summed E-state index contributed by atoms with van der Waals surface area (Å²) in [6, 6.07) is 8.71. The maximum atomic E-state index is 12.0. The number of carbonyl (C=O) groups is 2. The molecule has 0 saturated carbocycles. The van der Waals surface area contributed by atoms with E-state index in [0.717, 1.165) is 17.0 Å². The van der Waals surface area contributed by atoms with Gasteiger partial charge in [-0.05, 0) is 43.7 Å². The number of nitrogens with one attached hydrogen (secondary N) is 1. The van der Waals surface area contributed by atoms with Crippen molar-refractivity contribution in [3.8, 4) is 11.5 Å². The van der Waals surface area contributed by atoms with Crippen LogP contribution in [0.5, 0.6) is 11.5 Å². The van der Waals surface area contributed by atoms with Gasteiger partial charge in [-0.2, -0.15) is 0 Å². The van der Waals surface area contributed by atoms with Gasteiger partial charge in [0, 0.05) is 4.88 Å². The fourth-order valence-electron chi connectivity index (χ4n) is 2.00. The molecule has 0 aliphatic carbocycles. The van der Waals surface area contributed by atoms with E-state index in [0.29, 0.717) is 22.9 Å². The van der Waals surface area contributed by atoms with Crippen LogP contribution in [-0.2, 0) is 11.2 Å². The number of anilines is 1. The molecule has 3 N–H and O–H groups in total. The Kier molecular flexibility index (Phi) is 6.20. The molecule has 0 bridgehead atoms. The largest absolute Gasteiger partial charge is 0.494 e. The lowest BCUT2D eigenvalue weighted by molar-refractivity contribution is -0.118. The number of thiophene rings is 1. The third-order valence-electron chi connectivity index (χ3n) is 3.15. The summed E-state index contributed by atoms with van der Waals surface area (Å²) < 4.78 is 10.8. The van der Waals surface area contributed by atoms with Crippen molar-refractivity contribution in [2.75, 3.05) is 18.5 Å². The molecule has 2 rings (SSSR count). The van der Waals surface area contributed by atoms with Gasteiger partial charge < -0.3 is 20.5 Å². The average molecular weight is 348 g/mol. The van der Waals surface area contributed by atoms with Crippen LogP contribution in [0.15, 0.2) is 30.3 Å². The number of aryl methyl sites for hydroxylation is 1. The Morgan fingerprint density at radius 2 is 1.75 bits per heavy atom. The van der Waals surface area contributed by atoms with Gasteiger partial charge in [0.1, 0.15) is 16.5 Å². The molecule has 2 amide bonds. The molecular weight excluding hydrogens is 328 g/mol. The van der Waals surface area contributed by atoms with Crippen molar-refractivity contribution in [3.63, 3.8) is 0 Å². The van der Waals surface area contributed by atoms with Gasteiger partial charge in [-0.25, -0.2) is 0 Å². The first-order valence-corrected chi connectivity index (χ1v) is 8.43. The Hall–Kier alpha value is -2.54. The second-order valence-electron chi connectivity index (χ2n) is 4.91. The van der Waals surface area contributed by atoms with E-state index in [1.807, 2.05) is 13.8 Å². The van der Waals surface area contributed by atoms with Crippen LogP contribution in [0.25, 0.3) is 0 Å². The summed E-state index contributed by atoms with van der Waals surface area (Å²) in [5.41, 5.74) is 5.66. The number of primary amides is 1. The third-order valence-corrected chi connectivity index (χ3v) is 4.35. The van der Waals surface area contributed by atoms with Crippen molar-refractivity contribution in [2.45, 2.75) is 20.3 Å². The van der Waals surface area contributed by atoms with E-state index in [4.69, 9.17) is 15.2 Å². The molecule has 0 fully saturated rings. The number of hydrogen-bond donors (Lipinski definition) is 2. The Bertz CT molecular complexity index is 710. The van der Waals surface area contributed by atoms with Gasteiger partial charge in [-0.1, -0.05) is 6.92 Å². The van der Waals surface area contributed by atoms with Crippen molar-refractivity contribution in [3.05, 3.63) is 40.8 Å². The van der Waals surface area contributed by atoms with Crippen LogP contribution in [0.4, 0.5) is 5.00 Å². The van der Waals surface area contributed by atoms with Gasteiger partial charge in [0.2, 0.25) is 0 Å². The molecular formula is C17H20N2O4S. The van der Waals surface area contributed by atoms with Crippen LogP contribution in [0, 0.1) is 0 Å². The highest BCUT2D eigenvalue weighted by Crippen LogP contribution is 2.28. The summed E-state index contributed by atoms with van der Waals surface area (Å²) in [4.78, 5) is 24.4. The summed E-state index contributed by atoms with van der Waals surface area (Å²) in [5, 5.41) is 3.14. The fraction of sp³-hybridized carbons (Fsp3) is 0.294. The monoisotopic (exact) mass is 348 g/mol. The quantitative estimate of drug-likeness (QED) is 0.767. The molecule has 7 heteroatoms.